The number of β-lactam (4-membered cyclic amide) rings is 1. The Morgan fingerprint density at radius 1 is 1.25 bits per heavy atom. The molecule has 2 unspecified atom stereocenters. The molecule has 1 amide bonds. The van der Waals surface area contributed by atoms with Crippen molar-refractivity contribution in [3.05, 3.63) is 53.9 Å². The van der Waals surface area contributed by atoms with Gasteiger partial charge in [0.2, 0.25) is 5.91 Å². The highest BCUT2D eigenvalue weighted by molar-refractivity contribution is 7.17. The van der Waals surface area contributed by atoms with Crippen molar-refractivity contribution >= 4 is 31.9 Å². The van der Waals surface area contributed by atoms with Gasteiger partial charge in [-0.1, -0.05) is 26.7 Å². The van der Waals surface area contributed by atoms with Crippen LogP contribution in [0.25, 0.3) is 11.0 Å². The summed E-state index contributed by atoms with van der Waals surface area (Å²) < 4.78 is 36.0. The first-order valence-electron chi connectivity index (χ1n) is 11.0. The number of hydrogen-bond donors (Lipinski definition) is 1. The quantitative estimate of drug-likeness (QED) is 0.327. The lowest BCUT2D eigenvalue weighted by Crippen LogP contribution is -2.55. The van der Waals surface area contributed by atoms with Crippen LogP contribution >= 0.6 is 9.24 Å². The van der Waals surface area contributed by atoms with Crippen LogP contribution in [-0.2, 0) is 4.79 Å². The fourth-order valence-corrected chi connectivity index (χ4v) is 4.37. The topological polar surface area (TPSA) is 58.2 Å². The van der Waals surface area contributed by atoms with Gasteiger partial charge in [0.15, 0.2) is 0 Å². The first-order chi connectivity index (χ1) is 15.4. The van der Waals surface area contributed by atoms with E-state index in [1.807, 2.05) is 19.9 Å². The second-order valence-corrected chi connectivity index (χ2v) is 9.56. The standard InChI is InChI=1S/C24H28F2N3O2P/c1-3-4-5-17-23(22-18(25)11-16(12-19(22)26)31-9-8-14(2)32)29(24(17)30)15-6-7-20-21(10-15)28-13-27-20/h6-7,10-14,17,23H,3-5,8-9,32H2,1-2H3,(H,27,28)/t14?,17-,23-/m1/s1. The molecule has 1 saturated heterocycles. The highest BCUT2D eigenvalue weighted by Gasteiger charge is 2.50. The van der Waals surface area contributed by atoms with Crippen LogP contribution in [0.2, 0.25) is 0 Å². The van der Waals surface area contributed by atoms with E-state index in [0.717, 1.165) is 24.8 Å². The van der Waals surface area contributed by atoms with Crippen LogP contribution in [0.5, 0.6) is 5.75 Å². The summed E-state index contributed by atoms with van der Waals surface area (Å²) in [6, 6.07) is 7.11. The molecule has 0 bridgehead atoms. The Balaban J connectivity index is 1.67. The number of halogens is 2. The molecule has 3 aromatic rings. The highest BCUT2D eigenvalue weighted by atomic mass is 31.0. The number of aromatic amines is 1. The van der Waals surface area contributed by atoms with E-state index in [4.69, 9.17) is 4.74 Å². The Morgan fingerprint density at radius 3 is 2.69 bits per heavy atom. The zero-order valence-electron chi connectivity index (χ0n) is 18.3. The Kier molecular flexibility index (Phi) is 6.75. The number of nitrogens with zero attached hydrogens (tertiary/aromatic N) is 2. The first-order valence-corrected chi connectivity index (χ1v) is 11.7. The van der Waals surface area contributed by atoms with E-state index in [1.165, 1.54) is 17.0 Å². The molecule has 2 aromatic carbocycles. The minimum atomic E-state index is -0.702. The fraction of sp³-hybridized carbons (Fsp3) is 0.417. The van der Waals surface area contributed by atoms with Crippen LogP contribution in [0.3, 0.4) is 0 Å². The highest BCUT2D eigenvalue weighted by Crippen LogP contribution is 2.48. The number of aromatic nitrogens is 2. The third kappa shape index (κ3) is 4.36. The number of anilines is 1. The molecule has 4 rings (SSSR count). The van der Waals surface area contributed by atoms with E-state index in [-0.39, 0.29) is 17.2 Å². The number of amides is 1. The van der Waals surface area contributed by atoms with Gasteiger partial charge in [-0.05, 0) is 36.7 Å². The number of ether oxygens (including phenoxy) is 1. The molecule has 32 heavy (non-hydrogen) atoms. The third-order valence-electron chi connectivity index (χ3n) is 5.96. The molecule has 0 radical (unpaired) electrons. The summed E-state index contributed by atoms with van der Waals surface area (Å²) in [5, 5.41) is 0. The molecule has 5 nitrogen and oxygen atoms in total. The summed E-state index contributed by atoms with van der Waals surface area (Å²) in [5.41, 5.74) is 2.38. The van der Waals surface area contributed by atoms with E-state index >= 15 is 8.78 Å². The summed E-state index contributed by atoms with van der Waals surface area (Å²) in [6.07, 6.45) is 4.64. The van der Waals surface area contributed by atoms with Gasteiger partial charge in [0.1, 0.15) is 17.4 Å². The van der Waals surface area contributed by atoms with Crippen molar-refractivity contribution in [2.45, 2.75) is 51.2 Å². The van der Waals surface area contributed by atoms with Crippen molar-refractivity contribution in [2.75, 3.05) is 11.5 Å². The number of H-pyrrole nitrogens is 1. The van der Waals surface area contributed by atoms with Crippen LogP contribution in [-0.4, -0.2) is 28.1 Å². The molecule has 1 aliphatic heterocycles. The zero-order valence-corrected chi connectivity index (χ0v) is 19.4. The SMILES string of the molecule is CCCC[C@H]1C(=O)N(c2ccc3[nH]cnc3c2)[C@H]1c1c(F)cc(OCCC(C)P)cc1F. The molecule has 2 heterocycles. The van der Waals surface area contributed by atoms with Crippen LogP contribution in [0, 0.1) is 17.6 Å². The van der Waals surface area contributed by atoms with Gasteiger partial charge in [0, 0.05) is 23.4 Å². The lowest BCUT2D eigenvalue weighted by atomic mass is 9.78. The Morgan fingerprint density at radius 2 is 2.00 bits per heavy atom. The minimum Gasteiger partial charge on any atom is -0.493 e. The molecule has 8 heteroatoms. The number of rotatable bonds is 9. The molecular weight excluding hydrogens is 431 g/mol. The van der Waals surface area contributed by atoms with Crippen molar-refractivity contribution in [3.8, 4) is 5.75 Å². The summed E-state index contributed by atoms with van der Waals surface area (Å²) in [7, 11) is 2.67. The van der Waals surface area contributed by atoms with Gasteiger partial charge in [-0.3, -0.25) is 4.79 Å². The maximum absolute atomic E-state index is 15.2. The molecule has 1 aliphatic rings. The van der Waals surface area contributed by atoms with Gasteiger partial charge >= 0.3 is 0 Å². The number of carbonyl (C=O) groups excluding carboxylic acids is 1. The van der Waals surface area contributed by atoms with Crippen molar-refractivity contribution in [1.29, 1.82) is 0 Å². The average molecular weight is 459 g/mol. The normalized spacial score (nSPS) is 19.3. The van der Waals surface area contributed by atoms with Crippen molar-refractivity contribution in [1.82, 2.24) is 9.97 Å². The van der Waals surface area contributed by atoms with Gasteiger partial charge < -0.3 is 14.6 Å². The van der Waals surface area contributed by atoms with E-state index in [0.29, 0.717) is 29.9 Å². The van der Waals surface area contributed by atoms with Gasteiger partial charge in [-0.2, -0.15) is 0 Å². The van der Waals surface area contributed by atoms with Crippen molar-refractivity contribution in [3.63, 3.8) is 0 Å². The molecule has 1 fully saturated rings. The van der Waals surface area contributed by atoms with E-state index in [1.54, 1.807) is 18.5 Å². The summed E-state index contributed by atoms with van der Waals surface area (Å²) in [5.74, 6) is -1.80. The monoisotopic (exact) mass is 459 g/mol. The molecule has 0 saturated carbocycles. The largest absolute Gasteiger partial charge is 0.493 e. The number of nitrogens with one attached hydrogen (secondary N) is 1. The molecule has 0 spiro atoms. The first kappa shape index (κ1) is 22.7. The average Bonchev–Trinajstić information content (AvgIpc) is 3.20. The Hall–Kier alpha value is -2.53. The van der Waals surface area contributed by atoms with Crippen LogP contribution < -0.4 is 9.64 Å². The third-order valence-corrected chi connectivity index (χ3v) is 6.29. The lowest BCUT2D eigenvalue weighted by Gasteiger charge is -2.47. The number of imidazole rings is 1. The Labute approximate surface area is 188 Å². The van der Waals surface area contributed by atoms with E-state index in [9.17, 15) is 4.79 Å². The summed E-state index contributed by atoms with van der Waals surface area (Å²) >= 11 is 0. The van der Waals surface area contributed by atoms with E-state index in [2.05, 4.69) is 19.2 Å². The molecule has 170 valence electrons. The maximum atomic E-state index is 15.2. The second-order valence-electron chi connectivity index (χ2n) is 8.42. The molecule has 4 atom stereocenters. The number of carbonyl (C=O) groups is 1. The number of hydrogen-bond acceptors (Lipinski definition) is 3. The van der Waals surface area contributed by atoms with Crippen LogP contribution in [0.15, 0.2) is 36.7 Å². The number of unbranched alkanes of at least 4 members (excludes halogenated alkanes) is 1. The van der Waals surface area contributed by atoms with Crippen molar-refractivity contribution < 1.29 is 18.3 Å². The zero-order chi connectivity index (χ0) is 22.8. The maximum Gasteiger partial charge on any atom is 0.233 e. The van der Waals surface area contributed by atoms with Gasteiger partial charge in [0.05, 0.1) is 35.9 Å². The molecule has 0 aliphatic carbocycles. The predicted octanol–water partition coefficient (Wildman–Crippen LogP) is 5.77. The van der Waals surface area contributed by atoms with Crippen LogP contribution in [0.1, 0.15) is 51.1 Å². The van der Waals surface area contributed by atoms with E-state index < -0.39 is 23.6 Å². The van der Waals surface area contributed by atoms with Crippen LogP contribution in [0.4, 0.5) is 14.5 Å². The summed E-state index contributed by atoms with van der Waals surface area (Å²) in [6.45, 7) is 4.43. The molecule has 1 aromatic heterocycles. The summed E-state index contributed by atoms with van der Waals surface area (Å²) in [4.78, 5) is 21.8. The second kappa shape index (κ2) is 9.53. The lowest BCUT2D eigenvalue weighted by molar-refractivity contribution is -0.130. The van der Waals surface area contributed by atoms with Crippen molar-refractivity contribution in [2.24, 2.45) is 5.92 Å². The van der Waals surface area contributed by atoms with Gasteiger partial charge in [-0.15, -0.1) is 9.24 Å². The molecular formula is C24H28F2N3O2P. The van der Waals surface area contributed by atoms with Gasteiger partial charge in [0.25, 0.3) is 0 Å². The Bertz CT molecular complexity index is 1090. The minimum absolute atomic E-state index is 0.0837. The number of benzene rings is 2. The number of fused-ring (bicyclic) bond motifs is 1. The fourth-order valence-electron chi connectivity index (χ4n) is 4.23. The predicted molar refractivity (Wildman–Crippen MR) is 125 cm³/mol. The molecule has 1 N–H and O–H groups in total. The smallest absolute Gasteiger partial charge is 0.233 e. The van der Waals surface area contributed by atoms with Gasteiger partial charge in [-0.25, -0.2) is 13.8 Å².